The second kappa shape index (κ2) is 9.22. The quantitative estimate of drug-likeness (QED) is 0.552. The van der Waals surface area contributed by atoms with Gasteiger partial charge in [0.15, 0.2) is 0 Å². The third kappa shape index (κ3) is 4.85. The Hall–Kier alpha value is -2.67. The van der Waals surface area contributed by atoms with E-state index in [1.807, 2.05) is 36.7 Å². The molecule has 6 nitrogen and oxygen atoms in total. The van der Waals surface area contributed by atoms with Crippen molar-refractivity contribution in [1.29, 1.82) is 0 Å². The van der Waals surface area contributed by atoms with E-state index in [-0.39, 0.29) is 17.7 Å². The number of carbonyl (C=O) groups is 2. The number of rotatable bonds is 8. The topological polar surface area (TPSA) is 76.0 Å². The van der Waals surface area contributed by atoms with Gasteiger partial charge in [0.2, 0.25) is 5.91 Å². The summed E-state index contributed by atoms with van der Waals surface area (Å²) >= 11 is 1.46. The van der Waals surface area contributed by atoms with Gasteiger partial charge in [-0.05, 0) is 38.0 Å². The zero-order valence-electron chi connectivity index (χ0n) is 17.4. The molecule has 7 heteroatoms. The van der Waals surface area contributed by atoms with Crippen molar-refractivity contribution in [2.45, 2.75) is 40.5 Å². The van der Waals surface area contributed by atoms with Crippen molar-refractivity contribution in [3.05, 3.63) is 46.5 Å². The Morgan fingerprint density at radius 2 is 1.83 bits per heavy atom. The molecule has 2 aromatic heterocycles. The van der Waals surface area contributed by atoms with Crippen LogP contribution in [0.5, 0.6) is 0 Å². The number of carbonyl (C=O) groups excluding carboxylic acids is 2. The van der Waals surface area contributed by atoms with Crippen molar-refractivity contribution in [2.24, 2.45) is 5.92 Å². The van der Waals surface area contributed by atoms with E-state index in [0.29, 0.717) is 24.4 Å². The van der Waals surface area contributed by atoms with Gasteiger partial charge in [-0.3, -0.25) is 9.59 Å². The first kappa shape index (κ1) is 21.0. The van der Waals surface area contributed by atoms with Crippen LogP contribution in [0.15, 0.2) is 30.3 Å². The molecule has 0 atom stereocenters. The molecule has 2 heterocycles. The lowest BCUT2D eigenvalue weighted by atomic mass is 10.2. The van der Waals surface area contributed by atoms with Crippen LogP contribution in [0.1, 0.15) is 48.1 Å². The van der Waals surface area contributed by atoms with Crippen LogP contribution in [-0.2, 0) is 11.2 Å². The number of thiophene rings is 1. The van der Waals surface area contributed by atoms with Crippen molar-refractivity contribution in [3.63, 3.8) is 0 Å². The molecule has 0 saturated heterocycles. The molecular weight excluding hydrogens is 384 g/mol. The van der Waals surface area contributed by atoms with E-state index in [1.165, 1.54) is 16.9 Å². The van der Waals surface area contributed by atoms with Gasteiger partial charge >= 0.3 is 0 Å². The minimum Gasteiger partial charge on any atom is -0.356 e. The zero-order valence-corrected chi connectivity index (χ0v) is 18.2. The lowest BCUT2D eigenvalue weighted by Gasteiger charge is -2.08. The molecule has 0 radical (unpaired) electrons. The molecule has 2 N–H and O–H groups in total. The van der Waals surface area contributed by atoms with Crippen molar-refractivity contribution >= 4 is 33.4 Å². The van der Waals surface area contributed by atoms with Crippen LogP contribution in [0.4, 0.5) is 0 Å². The number of aromatic nitrogens is 2. The van der Waals surface area contributed by atoms with Crippen LogP contribution in [0.25, 0.3) is 15.9 Å². The maximum atomic E-state index is 12.6. The maximum absolute atomic E-state index is 12.6. The molecule has 0 saturated carbocycles. The predicted molar refractivity (Wildman–Crippen MR) is 118 cm³/mol. The second-order valence-corrected chi connectivity index (χ2v) is 8.46. The summed E-state index contributed by atoms with van der Waals surface area (Å²) in [6, 6.07) is 10.2. The first-order valence-corrected chi connectivity index (χ1v) is 10.9. The molecule has 0 spiro atoms. The number of amides is 2. The van der Waals surface area contributed by atoms with Crippen LogP contribution in [0, 0.1) is 12.8 Å². The summed E-state index contributed by atoms with van der Waals surface area (Å²) in [6.45, 7) is 8.94. The number of hydrogen-bond donors (Lipinski definition) is 2. The van der Waals surface area contributed by atoms with E-state index in [9.17, 15) is 9.59 Å². The van der Waals surface area contributed by atoms with Gasteiger partial charge in [-0.2, -0.15) is 5.10 Å². The van der Waals surface area contributed by atoms with E-state index < -0.39 is 0 Å². The van der Waals surface area contributed by atoms with Crippen LogP contribution in [0.2, 0.25) is 0 Å². The first-order chi connectivity index (χ1) is 13.9. The number of fused-ring (bicyclic) bond motifs is 1. The van der Waals surface area contributed by atoms with Gasteiger partial charge in [0.05, 0.1) is 16.3 Å². The minimum atomic E-state index is -0.0844. The lowest BCUT2D eigenvalue weighted by molar-refractivity contribution is -0.123. The Bertz CT molecular complexity index is 1000. The fourth-order valence-electron chi connectivity index (χ4n) is 2.99. The number of nitrogens with one attached hydrogen (secondary N) is 2. The normalized spacial score (nSPS) is 11.2. The molecule has 0 bridgehead atoms. The second-order valence-electron chi connectivity index (χ2n) is 7.43. The highest BCUT2D eigenvalue weighted by Crippen LogP contribution is 2.31. The summed E-state index contributed by atoms with van der Waals surface area (Å²) in [5.41, 5.74) is 3.19. The van der Waals surface area contributed by atoms with E-state index in [1.54, 1.807) is 0 Å². The Kier molecular flexibility index (Phi) is 6.69. The SMILES string of the molecule is CCc1nn(-c2ccc(C)cc2)c2sc(C(=O)NCCCNC(=O)C(C)C)cc12. The molecule has 0 fully saturated rings. The largest absolute Gasteiger partial charge is 0.356 e. The summed E-state index contributed by atoms with van der Waals surface area (Å²) in [4.78, 5) is 25.8. The highest BCUT2D eigenvalue weighted by atomic mass is 32.1. The van der Waals surface area contributed by atoms with Crippen molar-refractivity contribution in [3.8, 4) is 5.69 Å². The van der Waals surface area contributed by atoms with Gasteiger partial charge in [-0.15, -0.1) is 11.3 Å². The average Bonchev–Trinajstić information content (AvgIpc) is 3.27. The van der Waals surface area contributed by atoms with E-state index >= 15 is 0 Å². The highest BCUT2D eigenvalue weighted by molar-refractivity contribution is 7.20. The highest BCUT2D eigenvalue weighted by Gasteiger charge is 2.18. The molecule has 0 aliphatic heterocycles. The number of hydrogen-bond acceptors (Lipinski definition) is 4. The number of aryl methyl sites for hydroxylation is 2. The smallest absolute Gasteiger partial charge is 0.261 e. The molecule has 0 unspecified atom stereocenters. The van der Waals surface area contributed by atoms with Gasteiger partial charge in [0, 0.05) is 24.4 Å². The molecule has 2 amide bonds. The molecule has 29 heavy (non-hydrogen) atoms. The Labute approximate surface area is 175 Å². The van der Waals surface area contributed by atoms with E-state index in [0.717, 1.165) is 28.0 Å². The van der Waals surface area contributed by atoms with Crippen molar-refractivity contribution in [1.82, 2.24) is 20.4 Å². The summed E-state index contributed by atoms with van der Waals surface area (Å²) in [7, 11) is 0. The van der Waals surface area contributed by atoms with Crippen LogP contribution in [0.3, 0.4) is 0 Å². The minimum absolute atomic E-state index is 0.0241. The van der Waals surface area contributed by atoms with Crippen LogP contribution in [-0.4, -0.2) is 34.7 Å². The molecule has 3 aromatic rings. The third-order valence-corrected chi connectivity index (χ3v) is 5.85. The van der Waals surface area contributed by atoms with Crippen LogP contribution >= 0.6 is 11.3 Å². The van der Waals surface area contributed by atoms with Crippen molar-refractivity contribution < 1.29 is 9.59 Å². The number of benzene rings is 1. The molecule has 0 aliphatic carbocycles. The average molecular weight is 413 g/mol. The third-order valence-electron chi connectivity index (χ3n) is 4.74. The van der Waals surface area contributed by atoms with Gasteiger partial charge in [-0.25, -0.2) is 4.68 Å². The molecule has 1 aromatic carbocycles. The van der Waals surface area contributed by atoms with Gasteiger partial charge in [0.1, 0.15) is 4.83 Å². The Morgan fingerprint density at radius 3 is 2.48 bits per heavy atom. The van der Waals surface area contributed by atoms with Gasteiger partial charge < -0.3 is 10.6 Å². The fourth-order valence-corrected chi connectivity index (χ4v) is 4.06. The van der Waals surface area contributed by atoms with Crippen LogP contribution < -0.4 is 10.6 Å². The van der Waals surface area contributed by atoms with Gasteiger partial charge in [0.25, 0.3) is 5.91 Å². The predicted octanol–water partition coefficient (Wildman–Crippen LogP) is 3.85. The fraction of sp³-hybridized carbons (Fsp3) is 0.409. The molecular formula is C22H28N4O2S. The molecule has 3 rings (SSSR count). The summed E-state index contributed by atoms with van der Waals surface area (Å²) in [5, 5.41) is 11.6. The van der Waals surface area contributed by atoms with Gasteiger partial charge in [-0.1, -0.05) is 38.5 Å². The molecule has 0 aliphatic rings. The Balaban J connectivity index is 1.69. The molecule has 154 valence electrons. The maximum Gasteiger partial charge on any atom is 0.261 e. The summed E-state index contributed by atoms with van der Waals surface area (Å²) in [6.07, 6.45) is 1.51. The zero-order chi connectivity index (χ0) is 21.0. The monoisotopic (exact) mass is 412 g/mol. The Morgan fingerprint density at radius 1 is 1.14 bits per heavy atom. The number of nitrogens with zero attached hydrogens (tertiary/aromatic N) is 2. The summed E-state index contributed by atoms with van der Waals surface area (Å²) < 4.78 is 1.93. The first-order valence-electron chi connectivity index (χ1n) is 10.0. The lowest BCUT2D eigenvalue weighted by Crippen LogP contribution is -2.31. The van der Waals surface area contributed by atoms with Crippen molar-refractivity contribution in [2.75, 3.05) is 13.1 Å². The standard InChI is InChI=1S/C22H28N4O2S/c1-5-18-17-13-19(21(28)24-12-6-11-23-20(27)14(2)3)29-22(17)26(25-18)16-9-7-15(4)8-10-16/h7-10,13-14H,5-6,11-12H2,1-4H3,(H,23,27)(H,24,28). The van der Waals surface area contributed by atoms with E-state index in [2.05, 4.69) is 36.6 Å². The summed E-state index contributed by atoms with van der Waals surface area (Å²) in [5.74, 6) is -0.0727. The van der Waals surface area contributed by atoms with E-state index in [4.69, 9.17) is 5.10 Å².